The molecular formula is C17H13NO3S2. The molecule has 0 bridgehead atoms. The van der Waals surface area contributed by atoms with Crippen LogP contribution in [-0.2, 0) is 4.79 Å². The average Bonchev–Trinajstić information content (AvgIpc) is 2.54. The van der Waals surface area contributed by atoms with Gasteiger partial charge in [-0.1, -0.05) is 24.4 Å². The average molecular weight is 343 g/mol. The first-order valence-corrected chi connectivity index (χ1v) is 8.07. The molecule has 116 valence electrons. The molecule has 0 saturated heterocycles. The Labute approximate surface area is 142 Å². The fourth-order valence-corrected chi connectivity index (χ4v) is 3.67. The number of ether oxygens (including phenoxy) is 2. The lowest BCUT2D eigenvalue weighted by Crippen LogP contribution is -2.00. The fourth-order valence-electron chi connectivity index (χ4n) is 2.18. The molecule has 2 aromatic carbocycles. The maximum atomic E-state index is 11.0. The molecule has 0 atom stereocenters. The second kappa shape index (κ2) is 6.44. The van der Waals surface area contributed by atoms with Gasteiger partial charge in [-0.3, -0.25) is 4.79 Å². The van der Waals surface area contributed by atoms with Crippen molar-refractivity contribution < 1.29 is 14.3 Å². The summed E-state index contributed by atoms with van der Waals surface area (Å²) in [6.45, 7) is 1.37. The van der Waals surface area contributed by atoms with E-state index < -0.39 is 0 Å². The van der Waals surface area contributed by atoms with Gasteiger partial charge in [0.1, 0.15) is 21.1 Å². The van der Waals surface area contributed by atoms with Crippen LogP contribution in [0.2, 0.25) is 0 Å². The van der Waals surface area contributed by atoms with E-state index in [1.807, 2.05) is 30.3 Å². The number of methoxy groups -OCH3 is 1. The first-order valence-electron chi connectivity index (χ1n) is 6.85. The third kappa shape index (κ3) is 3.23. The van der Waals surface area contributed by atoms with E-state index in [1.165, 1.54) is 18.3 Å². The van der Waals surface area contributed by atoms with Crippen molar-refractivity contribution in [3.8, 4) is 22.1 Å². The summed E-state index contributed by atoms with van der Waals surface area (Å²) in [5.74, 6) is 0.934. The van der Waals surface area contributed by atoms with Gasteiger partial charge in [-0.15, -0.1) is 11.3 Å². The van der Waals surface area contributed by atoms with E-state index in [-0.39, 0.29) is 5.97 Å². The van der Waals surface area contributed by atoms with Crippen molar-refractivity contribution in [1.29, 1.82) is 0 Å². The summed E-state index contributed by atoms with van der Waals surface area (Å²) in [5.41, 5.74) is 0.907. The number of rotatable bonds is 3. The third-order valence-corrected chi connectivity index (χ3v) is 4.65. The lowest BCUT2D eigenvalue weighted by molar-refractivity contribution is -0.131. The lowest BCUT2D eigenvalue weighted by Gasteiger charge is -2.07. The van der Waals surface area contributed by atoms with Crippen LogP contribution in [0.15, 0.2) is 42.5 Å². The molecule has 23 heavy (non-hydrogen) atoms. The molecule has 4 nitrogen and oxygen atoms in total. The summed E-state index contributed by atoms with van der Waals surface area (Å²) in [5, 5.41) is 1.70. The largest absolute Gasteiger partial charge is 0.495 e. The molecule has 0 amide bonds. The van der Waals surface area contributed by atoms with E-state index in [9.17, 15) is 4.79 Å². The molecular weight excluding hydrogens is 330 g/mol. The number of nitrogens with zero attached hydrogens (tertiary/aromatic N) is 1. The van der Waals surface area contributed by atoms with E-state index in [0.717, 1.165) is 26.4 Å². The van der Waals surface area contributed by atoms with Crippen LogP contribution in [0.25, 0.3) is 20.7 Å². The number of carbonyl (C=O) groups is 1. The standard InChI is InChI=1S/C17H13NO3S2/c1-10(19)21-12-8-6-11(7-9-12)17-18-16(22)13-4-3-5-14(20-2)15(13)23-17/h3-9H,1-2H3. The summed E-state index contributed by atoms with van der Waals surface area (Å²) < 4.78 is 12.0. The smallest absolute Gasteiger partial charge is 0.308 e. The predicted octanol–water partition coefficient (Wildman–Crippen LogP) is 4.63. The van der Waals surface area contributed by atoms with Crippen LogP contribution in [0.4, 0.5) is 0 Å². The van der Waals surface area contributed by atoms with Crippen molar-refractivity contribution in [2.75, 3.05) is 7.11 Å². The van der Waals surface area contributed by atoms with E-state index >= 15 is 0 Å². The molecule has 1 heterocycles. The van der Waals surface area contributed by atoms with Crippen LogP contribution in [0.1, 0.15) is 6.92 Å². The van der Waals surface area contributed by atoms with Gasteiger partial charge in [-0.25, -0.2) is 4.98 Å². The first-order chi connectivity index (χ1) is 11.1. The number of hydrogen-bond acceptors (Lipinski definition) is 6. The van der Waals surface area contributed by atoms with Crippen LogP contribution in [0, 0.1) is 4.64 Å². The zero-order valence-corrected chi connectivity index (χ0v) is 14.2. The SMILES string of the molecule is COc1cccc2c(=S)nc(-c3ccc(OC(C)=O)cc3)sc12. The highest BCUT2D eigenvalue weighted by molar-refractivity contribution is 7.71. The van der Waals surface area contributed by atoms with Gasteiger partial charge in [-0.05, 0) is 30.3 Å². The predicted molar refractivity (Wildman–Crippen MR) is 93.8 cm³/mol. The summed E-state index contributed by atoms with van der Waals surface area (Å²) >= 11 is 6.92. The second-order valence-corrected chi connectivity index (χ2v) is 6.16. The molecule has 0 N–H and O–H groups in total. The van der Waals surface area contributed by atoms with Gasteiger partial charge >= 0.3 is 5.97 Å². The summed E-state index contributed by atoms with van der Waals surface area (Å²) in [6, 6.07) is 12.9. The van der Waals surface area contributed by atoms with Crippen molar-refractivity contribution in [1.82, 2.24) is 4.98 Å². The van der Waals surface area contributed by atoms with Crippen LogP contribution < -0.4 is 9.47 Å². The van der Waals surface area contributed by atoms with Crippen LogP contribution in [0.3, 0.4) is 0 Å². The minimum atomic E-state index is -0.345. The van der Waals surface area contributed by atoms with Crippen molar-refractivity contribution in [2.45, 2.75) is 6.92 Å². The number of fused-ring (bicyclic) bond motifs is 1. The summed E-state index contributed by atoms with van der Waals surface area (Å²) in [4.78, 5) is 15.5. The van der Waals surface area contributed by atoms with Gasteiger partial charge in [0.15, 0.2) is 0 Å². The topological polar surface area (TPSA) is 48.4 Å². The minimum Gasteiger partial charge on any atom is -0.495 e. The van der Waals surface area contributed by atoms with Crippen LogP contribution in [0.5, 0.6) is 11.5 Å². The summed E-state index contributed by atoms with van der Waals surface area (Å²) in [6.07, 6.45) is 0. The van der Waals surface area contributed by atoms with E-state index in [2.05, 4.69) is 4.98 Å². The Kier molecular flexibility index (Phi) is 4.36. The first kappa shape index (κ1) is 15.6. The molecule has 0 spiro atoms. The van der Waals surface area contributed by atoms with Gasteiger partial charge in [0.05, 0.1) is 11.8 Å². The summed E-state index contributed by atoms with van der Waals surface area (Å²) in [7, 11) is 1.64. The van der Waals surface area contributed by atoms with Gasteiger partial charge in [0.2, 0.25) is 0 Å². The Hall–Kier alpha value is -2.31. The molecule has 3 aromatic rings. The quantitative estimate of drug-likeness (QED) is 0.394. The molecule has 0 fully saturated rings. The lowest BCUT2D eigenvalue weighted by atomic mass is 10.2. The van der Waals surface area contributed by atoms with Gasteiger partial charge in [-0.2, -0.15) is 0 Å². The zero-order valence-electron chi connectivity index (χ0n) is 12.5. The van der Waals surface area contributed by atoms with Crippen molar-refractivity contribution >= 4 is 39.6 Å². The third-order valence-electron chi connectivity index (χ3n) is 3.19. The Morgan fingerprint density at radius 3 is 2.57 bits per heavy atom. The molecule has 0 aliphatic heterocycles. The number of aromatic nitrogens is 1. The van der Waals surface area contributed by atoms with Crippen molar-refractivity contribution in [3.05, 3.63) is 47.1 Å². The highest BCUT2D eigenvalue weighted by Gasteiger charge is 2.09. The van der Waals surface area contributed by atoms with Gasteiger partial charge < -0.3 is 9.47 Å². The van der Waals surface area contributed by atoms with Crippen molar-refractivity contribution in [2.24, 2.45) is 0 Å². The van der Waals surface area contributed by atoms with Crippen LogP contribution in [-0.4, -0.2) is 18.1 Å². The maximum Gasteiger partial charge on any atom is 0.308 e. The maximum absolute atomic E-state index is 11.0. The normalized spacial score (nSPS) is 10.5. The fraction of sp³-hybridized carbons (Fsp3) is 0.118. The van der Waals surface area contributed by atoms with E-state index in [4.69, 9.17) is 21.7 Å². The minimum absolute atomic E-state index is 0.345. The number of benzene rings is 2. The molecule has 0 saturated carbocycles. The molecule has 1 aromatic heterocycles. The Morgan fingerprint density at radius 2 is 1.91 bits per heavy atom. The van der Waals surface area contributed by atoms with Crippen molar-refractivity contribution in [3.63, 3.8) is 0 Å². The highest BCUT2D eigenvalue weighted by Crippen LogP contribution is 2.35. The monoisotopic (exact) mass is 343 g/mol. The molecule has 3 rings (SSSR count). The van der Waals surface area contributed by atoms with Crippen LogP contribution >= 0.6 is 23.6 Å². The second-order valence-electron chi connectivity index (χ2n) is 4.78. The number of hydrogen-bond donors (Lipinski definition) is 0. The Morgan fingerprint density at radius 1 is 1.17 bits per heavy atom. The van der Waals surface area contributed by atoms with Gasteiger partial charge in [0, 0.05) is 17.9 Å². The van der Waals surface area contributed by atoms with Gasteiger partial charge in [0.25, 0.3) is 0 Å². The van der Waals surface area contributed by atoms with E-state index in [0.29, 0.717) is 10.4 Å². The highest BCUT2D eigenvalue weighted by atomic mass is 32.1. The molecule has 0 unspecified atom stereocenters. The zero-order chi connectivity index (χ0) is 16.4. The molecule has 6 heteroatoms. The molecule has 0 radical (unpaired) electrons. The Balaban J connectivity index is 2.09. The van der Waals surface area contributed by atoms with E-state index in [1.54, 1.807) is 19.2 Å². The molecule has 0 aliphatic carbocycles. The molecule has 0 aliphatic rings. The number of esters is 1. The Bertz CT molecular complexity index is 933. The number of carbonyl (C=O) groups excluding carboxylic acids is 1.